The summed E-state index contributed by atoms with van der Waals surface area (Å²) in [5, 5.41) is 2.94. The van der Waals surface area contributed by atoms with E-state index in [0.29, 0.717) is 23.0 Å². The predicted molar refractivity (Wildman–Crippen MR) is 116 cm³/mol. The van der Waals surface area contributed by atoms with Crippen LogP contribution in [0.5, 0.6) is 5.75 Å². The van der Waals surface area contributed by atoms with Crippen LogP contribution in [0.3, 0.4) is 0 Å². The quantitative estimate of drug-likeness (QED) is 0.446. The lowest BCUT2D eigenvalue weighted by atomic mass is 10.1. The number of hydrogen-bond acceptors (Lipinski definition) is 6. The Kier molecular flexibility index (Phi) is 6.76. The van der Waals surface area contributed by atoms with E-state index >= 15 is 0 Å². The van der Waals surface area contributed by atoms with Crippen molar-refractivity contribution in [2.45, 2.75) is 25.1 Å². The van der Waals surface area contributed by atoms with Crippen molar-refractivity contribution >= 4 is 11.8 Å². The number of benzene rings is 2. The second-order valence-corrected chi connectivity index (χ2v) is 7.75. The lowest BCUT2D eigenvalue weighted by Crippen LogP contribution is -2.29. The molecule has 9 heteroatoms. The van der Waals surface area contributed by atoms with Gasteiger partial charge in [-0.2, -0.15) is 13.2 Å². The highest BCUT2D eigenvalue weighted by Gasteiger charge is 2.42. The van der Waals surface area contributed by atoms with Crippen molar-refractivity contribution < 1.29 is 27.4 Å². The van der Waals surface area contributed by atoms with Crippen LogP contribution in [0.4, 0.5) is 19.0 Å². The third-order valence-corrected chi connectivity index (χ3v) is 5.12. The van der Waals surface area contributed by atoms with Crippen LogP contribution in [0, 0.1) is 5.92 Å². The molecule has 0 bridgehead atoms. The summed E-state index contributed by atoms with van der Waals surface area (Å²) in [6.07, 6.45) is -2.44. The Morgan fingerprint density at radius 1 is 1.06 bits per heavy atom. The molecule has 0 unspecified atom stereocenters. The van der Waals surface area contributed by atoms with Gasteiger partial charge in [0.05, 0.1) is 18.8 Å². The highest BCUT2D eigenvalue weighted by molar-refractivity contribution is 5.76. The summed E-state index contributed by atoms with van der Waals surface area (Å²) in [6.45, 7) is 0.624. The van der Waals surface area contributed by atoms with Crippen molar-refractivity contribution in [1.29, 1.82) is 0 Å². The minimum atomic E-state index is -5.08. The monoisotopic (exact) mass is 457 g/mol. The first-order valence-electron chi connectivity index (χ1n) is 10.5. The molecule has 0 radical (unpaired) electrons. The zero-order chi connectivity index (χ0) is 23.3. The highest BCUT2D eigenvalue weighted by Crippen LogP contribution is 2.30. The van der Waals surface area contributed by atoms with Crippen molar-refractivity contribution in [1.82, 2.24) is 9.97 Å². The molecular weight excluding hydrogens is 435 g/mol. The van der Waals surface area contributed by atoms with Gasteiger partial charge in [-0.15, -0.1) is 0 Å². The van der Waals surface area contributed by atoms with Gasteiger partial charge >= 0.3 is 12.1 Å². The number of nitrogens with one attached hydrogen (secondary N) is 1. The van der Waals surface area contributed by atoms with E-state index < -0.39 is 18.2 Å². The summed E-state index contributed by atoms with van der Waals surface area (Å²) in [4.78, 5) is 19.8. The number of rotatable bonds is 9. The lowest BCUT2D eigenvalue weighted by molar-refractivity contribution is -0.204. The van der Waals surface area contributed by atoms with Gasteiger partial charge in [-0.25, -0.2) is 14.8 Å². The van der Waals surface area contributed by atoms with Crippen molar-refractivity contribution in [3.63, 3.8) is 0 Å². The molecule has 1 N–H and O–H groups in total. The number of halogens is 3. The molecule has 172 valence electrons. The number of esters is 1. The number of hydrogen-bond donors (Lipinski definition) is 1. The molecule has 3 aromatic rings. The Balaban J connectivity index is 1.43. The third kappa shape index (κ3) is 6.44. The standard InChI is InChI=1S/C24H22F3N3O3/c25-24(26,27)23(31)33-21(18-4-2-1-3-5-18)13-28-22-12-20(29-15-30-22)17-8-10-19(11-9-17)32-14-16-6-7-16/h1-5,8-12,15-16,21H,6-7,13-14H2,(H,28,29,30)/t21-/m0/s1. The first kappa shape index (κ1) is 22.6. The van der Waals surface area contributed by atoms with Gasteiger partial charge in [0.1, 0.15) is 24.0 Å². The van der Waals surface area contributed by atoms with Gasteiger partial charge in [-0.1, -0.05) is 30.3 Å². The van der Waals surface area contributed by atoms with Crippen molar-refractivity contribution in [2.75, 3.05) is 18.5 Å². The number of nitrogens with zero attached hydrogens (tertiary/aromatic N) is 2. The van der Waals surface area contributed by atoms with Gasteiger partial charge in [0, 0.05) is 11.6 Å². The number of carbonyl (C=O) groups excluding carboxylic acids is 1. The van der Waals surface area contributed by atoms with Gasteiger partial charge in [-0.3, -0.25) is 0 Å². The van der Waals surface area contributed by atoms with Crippen LogP contribution < -0.4 is 10.1 Å². The molecule has 4 rings (SSSR count). The summed E-state index contributed by atoms with van der Waals surface area (Å²) < 4.78 is 48.6. The van der Waals surface area contributed by atoms with Gasteiger partial charge in [-0.05, 0) is 48.6 Å². The number of carbonyl (C=O) groups is 1. The topological polar surface area (TPSA) is 73.3 Å². The summed E-state index contributed by atoms with van der Waals surface area (Å²) in [5.41, 5.74) is 1.89. The van der Waals surface area contributed by atoms with Crippen molar-refractivity contribution in [3.8, 4) is 17.0 Å². The van der Waals surface area contributed by atoms with Gasteiger partial charge in [0.2, 0.25) is 0 Å². The van der Waals surface area contributed by atoms with Gasteiger partial charge in [0.15, 0.2) is 0 Å². The van der Waals surface area contributed by atoms with Crippen LogP contribution >= 0.6 is 0 Å². The SMILES string of the molecule is O=C(O[C@@H](CNc1cc(-c2ccc(OCC3CC3)cc2)ncn1)c1ccccc1)C(F)(F)F. The van der Waals surface area contributed by atoms with Crippen LogP contribution in [0.15, 0.2) is 67.0 Å². The van der Waals surface area contributed by atoms with Gasteiger partial charge in [0.25, 0.3) is 0 Å². The fraction of sp³-hybridized carbons (Fsp3) is 0.292. The summed E-state index contributed by atoms with van der Waals surface area (Å²) in [5.74, 6) is -0.408. The smallest absolute Gasteiger partial charge is 0.490 e. The van der Waals surface area contributed by atoms with Crippen LogP contribution in [-0.4, -0.2) is 35.3 Å². The summed E-state index contributed by atoms with van der Waals surface area (Å²) in [6, 6.07) is 17.4. The van der Waals surface area contributed by atoms with E-state index in [-0.39, 0.29) is 6.54 Å². The van der Waals surface area contributed by atoms with E-state index in [0.717, 1.165) is 17.9 Å². The molecule has 33 heavy (non-hydrogen) atoms. The molecule has 0 aliphatic heterocycles. The van der Waals surface area contributed by atoms with Crippen LogP contribution in [0.2, 0.25) is 0 Å². The molecule has 1 heterocycles. The zero-order valence-electron chi connectivity index (χ0n) is 17.6. The molecule has 0 saturated heterocycles. The molecule has 1 aliphatic rings. The maximum Gasteiger partial charge on any atom is 0.490 e. The number of aromatic nitrogens is 2. The number of ether oxygens (including phenoxy) is 2. The van der Waals surface area contributed by atoms with E-state index in [1.807, 2.05) is 24.3 Å². The maximum atomic E-state index is 12.7. The molecule has 1 aliphatic carbocycles. The maximum absolute atomic E-state index is 12.7. The fourth-order valence-electron chi connectivity index (χ4n) is 3.12. The third-order valence-electron chi connectivity index (χ3n) is 5.12. The Hall–Kier alpha value is -3.62. The minimum absolute atomic E-state index is 0.101. The predicted octanol–water partition coefficient (Wildman–Crippen LogP) is 5.19. The second kappa shape index (κ2) is 9.89. The Bertz CT molecular complexity index is 1070. The van der Waals surface area contributed by atoms with E-state index in [1.165, 1.54) is 19.2 Å². The molecule has 1 aromatic heterocycles. The van der Waals surface area contributed by atoms with E-state index in [9.17, 15) is 18.0 Å². The molecule has 1 saturated carbocycles. The summed E-state index contributed by atoms with van der Waals surface area (Å²) >= 11 is 0. The molecule has 0 amide bonds. The molecule has 0 spiro atoms. The Labute approximate surface area is 188 Å². The fourth-order valence-corrected chi connectivity index (χ4v) is 3.12. The zero-order valence-corrected chi connectivity index (χ0v) is 17.6. The first-order chi connectivity index (χ1) is 15.9. The lowest BCUT2D eigenvalue weighted by Gasteiger charge is -2.20. The van der Waals surface area contributed by atoms with Crippen molar-refractivity contribution in [3.05, 3.63) is 72.6 Å². The van der Waals surface area contributed by atoms with E-state index in [2.05, 4.69) is 15.3 Å². The average molecular weight is 457 g/mol. The molecule has 1 atom stereocenters. The largest absolute Gasteiger partial charge is 0.493 e. The normalized spacial score (nSPS) is 14.4. The minimum Gasteiger partial charge on any atom is -0.493 e. The average Bonchev–Trinajstić information content (AvgIpc) is 3.65. The molecule has 1 fully saturated rings. The Morgan fingerprint density at radius 2 is 1.79 bits per heavy atom. The first-order valence-corrected chi connectivity index (χ1v) is 10.5. The van der Waals surface area contributed by atoms with E-state index in [4.69, 9.17) is 9.47 Å². The number of alkyl halides is 3. The molecule has 2 aromatic carbocycles. The van der Waals surface area contributed by atoms with Crippen LogP contribution in [-0.2, 0) is 9.53 Å². The Morgan fingerprint density at radius 3 is 2.45 bits per heavy atom. The van der Waals surface area contributed by atoms with Crippen molar-refractivity contribution in [2.24, 2.45) is 5.92 Å². The highest BCUT2D eigenvalue weighted by atomic mass is 19.4. The summed E-state index contributed by atoms with van der Waals surface area (Å²) in [7, 11) is 0. The van der Waals surface area contributed by atoms with Crippen LogP contribution in [0.25, 0.3) is 11.3 Å². The van der Waals surface area contributed by atoms with E-state index in [1.54, 1.807) is 36.4 Å². The van der Waals surface area contributed by atoms with Gasteiger partial charge < -0.3 is 14.8 Å². The van der Waals surface area contributed by atoms with Crippen LogP contribution in [0.1, 0.15) is 24.5 Å². The molecule has 6 nitrogen and oxygen atoms in total. The second-order valence-electron chi connectivity index (χ2n) is 7.75. The molecular formula is C24H22F3N3O3. The number of anilines is 1.